The normalized spacial score (nSPS) is 18.1. The Kier molecular flexibility index (Phi) is 6.90. The van der Waals surface area contributed by atoms with Crippen molar-refractivity contribution < 1.29 is 18.7 Å². The van der Waals surface area contributed by atoms with Crippen molar-refractivity contribution in [2.75, 3.05) is 4.90 Å². The van der Waals surface area contributed by atoms with Gasteiger partial charge < -0.3 is 10.0 Å². The largest absolute Gasteiger partial charge is 0.388 e. The number of rotatable bonds is 7. The van der Waals surface area contributed by atoms with Gasteiger partial charge in [-0.3, -0.25) is 4.79 Å². The zero-order valence-electron chi connectivity index (χ0n) is 19.4. The van der Waals surface area contributed by atoms with E-state index < -0.39 is 6.10 Å². The molecule has 1 aliphatic heterocycles. The van der Waals surface area contributed by atoms with Crippen LogP contribution in [0.2, 0.25) is 0 Å². The first-order valence-electron chi connectivity index (χ1n) is 11.8. The van der Waals surface area contributed by atoms with Gasteiger partial charge in [0.1, 0.15) is 11.6 Å². The molecular weight excluding hydrogens is 476 g/mol. The van der Waals surface area contributed by atoms with Crippen LogP contribution in [-0.4, -0.2) is 11.0 Å². The van der Waals surface area contributed by atoms with E-state index in [0.29, 0.717) is 24.1 Å². The van der Waals surface area contributed by atoms with Crippen molar-refractivity contribution in [3.05, 3.63) is 120 Å². The van der Waals surface area contributed by atoms with Crippen LogP contribution < -0.4 is 4.90 Å². The lowest BCUT2D eigenvalue weighted by Crippen LogP contribution is -2.55. The standard InChI is InChI=1S/C30H25F2NO2S/c31-23-10-8-20(9-11-23)28(34)17-16-27-29(33(30(27)35)25-14-12-24(32)13-15-25)21-6-4-19(5-7-21)22-2-1-3-26(36)18-22/h1-15,18,27-29,34,36H,16-17H2/t27-,28+,29-/m1/s1. The van der Waals surface area contributed by atoms with E-state index in [-0.39, 0.29) is 29.5 Å². The van der Waals surface area contributed by atoms with Gasteiger partial charge in [-0.05, 0) is 83.6 Å². The van der Waals surface area contributed by atoms with Crippen molar-refractivity contribution in [3.63, 3.8) is 0 Å². The van der Waals surface area contributed by atoms with Crippen LogP contribution >= 0.6 is 12.6 Å². The number of anilines is 1. The van der Waals surface area contributed by atoms with Crippen LogP contribution in [0, 0.1) is 17.6 Å². The van der Waals surface area contributed by atoms with Gasteiger partial charge >= 0.3 is 0 Å². The topological polar surface area (TPSA) is 40.5 Å². The van der Waals surface area contributed by atoms with Gasteiger partial charge in [-0.1, -0.05) is 48.5 Å². The number of carbonyl (C=O) groups is 1. The lowest BCUT2D eigenvalue weighted by atomic mass is 9.78. The van der Waals surface area contributed by atoms with E-state index in [9.17, 15) is 18.7 Å². The summed E-state index contributed by atoms with van der Waals surface area (Å²) < 4.78 is 26.8. The molecule has 3 atom stereocenters. The summed E-state index contributed by atoms with van der Waals surface area (Å²) in [5.41, 5.74) is 4.30. The van der Waals surface area contributed by atoms with E-state index in [4.69, 9.17) is 0 Å². The Bertz CT molecular complexity index is 1360. The van der Waals surface area contributed by atoms with Gasteiger partial charge in [-0.25, -0.2) is 8.78 Å². The van der Waals surface area contributed by atoms with Gasteiger partial charge in [-0.15, -0.1) is 12.6 Å². The van der Waals surface area contributed by atoms with Crippen molar-refractivity contribution in [2.24, 2.45) is 5.92 Å². The maximum atomic E-state index is 13.5. The van der Waals surface area contributed by atoms with Gasteiger partial charge in [-0.2, -0.15) is 0 Å². The maximum Gasteiger partial charge on any atom is 0.233 e. The first-order chi connectivity index (χ1) is 17.4. The third-order valence-corrected chi connectivity index (χ3v) is 7.03. The fourth-order valence-corrected chi connectivity index (χ4v) is 5.07. The number of benzene rings is 4. The minimum Gasteiger partial charge on any atom is -0.388 e. The number of thiol groups is 1. The van der Waals surface area contributed by atoms with E-state index in [1.54, 1.807) is 29.2 Å². The van der Waals surface area contributed by atoms with Gasteiger partial charge in [0, 0.05) is 10.6 Å². The maximum absolute atomic E-state index is 13.5. The Balaban J connectivity index is 1.40. The van der Waals surface area contributed by atoms with Crippen LogP contribution in [0.15, 0.2) is 102 Å². The number of hydrogen-bond acceptors (Lipinski definition) is 3. The molecule has 1 heterocycles. The molecule has 1 N–H and O–H groups in total. The Morgan fingerprint density at radius 2 is 1.47 bits per heavy atom. The summed E-state index contributed by atoms with van der Waals surface area (Å²) in [5.74, 6) is -1.13. The summed E-state index contributed by atoms with van der Waals surface area (Å²) in [4.78, 5) is 15.8. The van der Waals surface area contributed by atoms with Gasteiger partial charge in [0.15, 0.2) is 0 Å². The SMILES string of the molecule is O=C1[C@H](CC[C@H](O)c2ccc(F)cc2)[C@@H](c2ccc(-c3cccc(S)c3)cc2)N1c1ccc(F)cc1. The minimum absolute atomic E-state index is 0.0650. The summed E-state index contributed by atoms with van der Waals surface area (Å²) in [7, 11) is 0. The lowest BCUT2D eigenvalue weighted by molar-refractivity contribution is -0.131. The summed E-state index contributed by atoms with van der Waals surface area (Å²) in [5, 5.41) is 10.6. The Labute approximate surface area is 214 Å². The number of amides is 1. The highest BCUT2D eigenvalue weighted by atomic mass is 32.1. The fourth-order valence-electron chi connectivity index (χ4n) is 4.85. The number of hydrogen-bond donors (Lipinski definition) is 2. The smallest absolute Gasteiger partial charge is 0.233 e. The number of nitrogens with zero attached hydrogens (tertiary/aromatic N) is 1. The van der Waals surface area contributed by atoms with Crippen LogP contribution in [0.4, 0.5) is 14.5 Å². The molecule has 0 aliphatic carbocycles. The summed E-state index contributed by atoms with van der Waals surface area (Å²) >= 11 is 4.42. The predicted molar refractivity (Wildman–Crippen MR) is 140 cm³/mol. The number of halogens is 2. The Morgan fingerprint density at radius 3 is 2.11 bits per heavy atom. The molecule has 1 saturated heterocycles. The molecule has 4 aromatic rings. The van der Waals surface area contributed by atoms with Gasteiger partial charge in [0.25, 0.3) is 0 Å². The van der Waals surface area contributed by atoms with Crippen LogP contribution in [0.3, 0.4) is 0 Å². The molecule has 4 aromatic carbocycles. The molecule has 6 heteroatoms. The van der Waals surface area contributed by atoms with Crippen molar-refractivity contribution in [1.29, 1.82) is 0 Å². The zero-order chi connectivity index (χ0) is 25.2. The number of carbonyl (C=O) groups excluding carboxylic acids is 1. The van der Waals surface area contributed by atoms with Crippen LogP contribution in [-0.2, 0) is 4.79 Å². The fraction of sp³-hybridized carbons (Fsp3) is 0.167. The van der Waals surface area contributed by atoms with Crippen LogP contribution in [0.5, 0.6) is 0 Å². The van der Waals surface area contributed by atoms with Crippen LogP contribution in [0.25, 0.3) is 11.1 Å². The van der Waals surface area contributed by atoms with Crippen molar-refractivity contribution in [1.82, 2.24) is 0 Å². The highest BCUT2D eigenvalue weighted by molar-refractivity contribution is 7.80. The highest BCUT2D eigenvalue weighted by Crippen LogP contribution is 2.46. The monoisotopic (exact) mass is 501 g/mol. The number of β-lactam (4-membered cyclic amide) rings is 1. The molecule has 3 nitrogen and oxygen atoms in total. The first kappa shape index (κ1) is 24.2. The average Bonchev–Trinajstić information content (AvgIpc) is 2.89. The lowest BCUT2D eigenvalue weighted by Gasteiger charge is -2.48. The summed E-state index contributed by atoms with van der Waals surface area (Å²) in [6.45, 7) is 0. The van der Waals surface area contributed by atoms with Gasteiger partial charge in [0.05, 0.1) is 18.1 Å². The average molecular weight is 502 g/mol. The third-order valence-electron chi connectivity index (χ3n) is 6.76. The van der Waals surface area contributed by atoms with E-state index in [1.807, 2.05) is 48.5 Å². The van der Waals surface area contributed by atoms with E-state index in [1.165, 1.54) is 24.3 Å². The molecule has 5 rings (SSSR count). The molecule has 0 saturated carbocycles. The molecule has 0 radical (unpaired) electrons. The second-order valence-corrected chi connectivity index (χ2v) is 9.57. The molecule has 1 aliphatic rings. The summed E-state index contributed by atoms with van der Waals surface area (Å²) in [6, 6.07) is 27.4. The van der Waals surface area contributed by atoms with E-state index in [0.717, 1.165) is 21.6 Å². The van der Waals surface area contributed by atoms with E-state index >= 15 is 0 Å². The molecule has 36 heavy (non-hydrogen) atoms. The zero-order valence-corrected chi connectivity index (χ0v) is 20.3. The molecule has 0 unspecified atom stereocenters. The second kappa shape index (κ2) is 10.2. The van der Waals surface area contributed by atoms with Crippen molar-refractivity contribution in [3.8, 4) is 11.1 Å². The molecule has 0 bridgehead atoms. The number of aliphatic hydroxyl groups is 1. The molecule has 0 aromatic heterocycles. The molecule has 0 spiro atoms. The minimum atomic E-state index is -0.796. The predicted octanol–water partition coefficient (Wildman–Crippen LogP) is 7.14. The highest BCUT2D eigenvalue weighted by Gasteiger charge is 2.48. The van der Waals surface area contributed by atoms with Crippen molar-refractivity contribution >= 4 is 24.2 Å². The quantitative estimate of drug-likeness (QED) is 0.209. The molecule has 182 valence electrons. The first-order valence-corrected chi connectivity index (χ1v) is 12.3. The summed E-state index contributed by atoms with van der Waals surface area (Å²) in [6.07, 6.45) is 0.0287. The van der Waals surface area contributed by atoms with Gasteiger partial charge in [0.2, 0.25) is 5.91 Å². The Morgan fingerprint density at radius 1 is 0.833 bits per heavy atom. The Hall–Kier alpha value is -3.48. The molecule has 1 fully saturated rings. The van der Waals surface area contributed by atoms with Crippen molar-refractivity contribution in [2.45, 2.75) is 29.9 Å². The molecule has 1 amide bonds. The van der Waals surface area contributed by atoms with E-state index in [2.05, 4.69) is 12.6 Å². The third kappa shape index (κ3) is 4.92. The second-order valence-electron chi connectivity index (χ2n) is 9.05. The van der Waals surface area contributed by atoms with Crippen LogP contribution in [0.1, 0.15) is 36.1 Å². The number of aliphatic hydroxyl groups excluding tert-OH is 1. The molecular formula is C30H25F2NO2S.